The van der Waals surface area contributed by atoms with E-state index in [4.69, 9.17) is 10.8 Å². The molecule has 0 spiro atoms. The number of phenolic OH excluding ortho intramolecular Hbond substituents is 1. The van der Waals surface area contributed by atoms with Crippen LogP contribution in [0, 0.1) is 18.8 Å². The number of rotatable bonds is 2. The molecule has 0 amide bonds. The Bertz CT molecular complexity index is 512. The molecule has 1 aromatic rings. The summed E-state index contributed by atoms with van der Waals surface area (Å²) in [6.45, 7) is 8.93. The van der Waals surface area contributed by atoms with Crippen molar-refractivity contribution in [1.29, 1.82) is 0 Å². The molecule has 0 bridgehead atoms. The molecular formula is C19H31NO3. The summed E-state index contributed by atoms with van der Waals surface area (Å²) in [6.07, 6.45) is 3.62. The molecule has 4 heteroatoms. The third kappa shape index (κ3) is 5.87. The second kappa shape index (κ2) is 8.34. The number of phenols is 1. The summed E-state index contributed by atoms with van der Waals surface area (Å²) >= 11 is 0. The lowest BCUT2D eigenvalue weighted by Crippen LogP contribution is -2.25. The quantitative estimate of drug-likeness (QED) is 0.773. The van der Waals surface area contributed by atoms with Gasteiger partial charge in [0.15, 0.2) is 0 Å². The molecule has 1 aliphatic carbocycles. The Hall–Kier alpha value is -1.55. The van der Waals surface area contributed by atoms with Crippen molar-refractivity contribution in [2.75, 3.05) is 6.54 Å². The van der Waals surface area contributed by atoms with Gasteiger partial charge in [0.1, 0.15) is 5.75 Å². The van der Waals surface area contributed by atoms with Crippen LogP contribution in [0.3, 0.4) is 0 Å². The molecule has 0 atom stereocenters. The van der Waals surface area contributed by atoms with Crippen LogP contribution in [0.1, 0.15) is 57.6 Å². The van der Waals surface area contributed by atoms with E-state index >= 15 is 0 Å². The van der Waals surface area contributed by atoms with Gasteiger partial charge in [-0.2, -0.15) is 0 Å². The maximum absolute atomic E-state index is 10.5. The van der Waals surface area contributed by atoms with Crippen LogP contribution >= 0.6 is 0 Å². The lowest BCUT2D eigenvalue weighted by Gasteiger charge is -2.24. The van der Waals surface area contributed by atoms with E-state index in [2.05, 4.69) is 20.8 Å². The van der Waals surface area contributed by atoms with E-state index in [-0.39, 0.29) is 11.3 Å². The lowest BCUT2D eigenvalue weighted by atomic mass is 9.82. The number of carboxylic acid groups (broad SMARTS) is 1. The first-order valence-corrected chi connectivity index (χ1v) is 8.38. The zero-order chi connectivity index (χ0) is 17.6. The average molecular weight is 321 g/mol. The molecule has 4 nitrogen and oxygen atoms in total. The normalized spacial score (nSPS) is 21.3. The van der Waals surface area contributed by atoms with E-state index in [1.54, 1.807) is 0 Å². The maximum atomic E-state index is 10.5. The number of nitrogens with two attached hydrogens (primary N) is 1. The molecule has 2 rings (SSSR count). The summed E-state index contributed by atoms with van der Waals surface area (Å²) in [7, 11) is 0. The third-order valence-corrected chi connectivity index (χ3v) is 4.58. The van der Waals surface area contributed by atoms with Gasteiger partial charge in [0.2, 0.25) is 0 Å². The smallest absolute Gasteiger partial charge is 0.306 e. The molecule has 0 radical (unpaired) electrons. The van der Waals surface area contributed by atoms with E-state index in [1.165, 1.54) is 0 Å². The van der Waals surface area contributed by atoms with Gasteiger partial charge in [-0.25, -0.2) is 0 Å². The summed E-state index contributed by atoms with van der Waals surface area (Å²) < 4.78 is 0. The summed E-state index contributed by atoms with van der Waals surface area (Å²) in [4.78, 5) is 10.5. The van der Waals surface area contributed by atoms with Crippen LogP contribution in [0.15, 0.2) is 18.2 Å². The molecular weight excluding hydrogens is 290 g/mol. The predicted molar refractivity (Wildman–Crippen MR) is 93.7 cm³/mol. The Morgan fingerprint density at radius 3 is 2.17 bits per heavy atom. The Labute approximate surface area is 139 Å². The van der Waals surface area contributed by atoms with Gasteiger partial charge in [0, 0.05) is 0 Å². The van der Waals surface area contributed by atoms with Crippen molar-refractivity contribution in [3.05, 3.63) is 29.3 Å². The van der Waals surface area contributed by atoms with E-state index in [1.807, 2.05) is 25.1 Å². The maximum Gasteiger partial charge on any atom is 0.306 e. The average Bonchev–Trinajstić information content (AvgIpc) is 2.49. The van der Waals surface area contributed by atoms with Crippen LogP contribution in [0.25, 0.3) is 0 Å². The molecule has 1 aromatic carbocycles. The van der Waals surface area contributed by atoms with Gasteiger partial charge in [0.25, 0.3) is 0 Å². The number of aliphatic carboxylic acids is 1. The largest absolute Gasteiger partial charge is 0.507 e. The summed E-state index contributed by atoms with van der Waals surface area (Å²) in [6, 6.07) is 5.88. The minimum Gasteiger partial charge on any atom is -0.507 e. The molecule has 0 saturated heterocycles. The van der Waals surface area contributed by atoms with Crippen LogP contribution in [0.5, 0.6) is 5.75 Å². The zero-order valence-corrected chi connectivity index (χ0v) is 14.8. The van der Waals surface area contributed by atoms with Crippen LogP contribution in [-0.4, -0.2) is 22.7 Å². The van der Waals surface area contributed by atoms with E-state index in [0.29, 0.717) is 18.2 Å². The van der Waals surface area contributed by atoms with Crippen molar-refractivity contribution in [2.45, 2.75) is 58.8 Å². The van der Waals surface area contributed by atoms with Crippen LogP contribution < -0.4 is 5.73 Å². The highest BCUT2D eigenvalue weighted by Crippen LogP contribution is 2.32. The number of para-hydroxylation sites is 1. The zero-order valence-electron chi connectivity index (χ0n) is 14.8. The van der Waals surface area contributed by atoms with E-state index < -0.39 is 5.97 Å². The fourth-order valence-corrected chi connectivity index (χ4v) is 2.91. The molecule has 23 heavy (non-hydrogen) atoms. The number of hydrogen-bond donors (Lipinski definition) is 3. The van der Waals surface area contributed by atoms with Crippen molar-refractivity contribution in [3.8, 4) is 5.75 Å². The SMILES string of the molecule is Cc1cccc(C(C)(C)C)c1O.NC[C@H]1CC[C@H](C(=O)O)CC1. The van der Waals surface area contributed by atoms with Gasteiger partial charge in [0.05, 0.1) is 5.92 Å². The third-order valence-electron chi connectivity index (χ3n) is 4.58. The van der Waals surface area contributed by atoms with Gasteiger partial charge < -0.3 is 15.9 Å². The van der Waals surface area contributed by atoms with Crippen molar-refractivity contribution < 1.29 is 15.0 Å². The minimum atomic E-state index is -0.638. The second-order valence-corrected chi connectivity index (χ2v) is 7.51. The van der Waals surface area contributed by atoms with Crippen molar-refractivity contribution in [1.82, 2.24) is 0 Å². The topological polar surface area (TPSA) is 83.5 Å². The van der Waals surface area contributed by atoms with Crippen LogP contribution in [0.4, 0.5) is 0 Å². The highest BCUT2D eigenvalue weighted by molar-refractivity contribution is 5.69. The van der Waals surface area contributed by atoms with E-state index in [0.717, 1.165) is 36.8 Å². The number of carbonyl (C=O) groups is 1. The molecule has 4 N–H and O–H groups in total. The van der Waals surface area contributed by atoms with Gasteiger partial charge in [-0.3, -0.25) is 4.79 Å². The Morgan fingerprint density at radius 1 is 1.22 bits per heavy atom. The number of benzene rings is 1. The minimum absolute atomic E-state index is 0.0239. The predicted octanol–water partition coefficient (Wildman–Crippen LogP) is 3.83. The van der Waals surface area contributed by atoms with Crippen LogP contribution in [0.2, 0.25) is 0 Å². The first kappa shape index (κ1) is 19.5. The highest BCUT2D eigenvalue weighted by Gasteiger charge is 2.24. The second-order valence-electron chi connectivity index (χ2n) is 7.51. The fraction of sp³-hybridized carbons (Fsp3) is 0.632. The number of aromatic hydroxyl groups is 1. The molecule has 0 heterocycles. The van der Waals surface area contributed by atoms with Crippen molar-refractivity contribution in [2.24, 2.45) is 17.6 Å². The van der Waals surface area contributed by atoms with E-state index in [9.17, 15) is 9.90 Å². The molecule has 0 unspecified atom stereocenters. The van der Waals surface area contributed by atoms with Crippen molar-refractivity contribution >= 4 is 5.97 Å². The molecule has 1 fully saturated rings. The first-order chi connectivity index (χ1) is 10.7. The fourth-order valence-electron chi connectivity index (χ4n) is 2.91. The van der Waals surface area contributed by atoms with Gasteiger partial charge in [-0.15, -0.1) is 0 Å². The molecule has 0 aromatic heterocycles. The summed E-state index contributed by atoms with van der Waals surface area (Å²) in [5.74, 6) is 0.272. The van der Waals surface area contributed by atoms with Crippen molar-refractivity contribution in [3.63, 3.8) is 0 Å². The summed E-state index contributed by atoms with van der Waals surface area (Å²) in [5, 5.41) is 18.4. The Balaban J connectivity index is 0.000000231. The van der Waals surface area contributed by atoms with Gasteiger partial charge >= 0.3 is 5.97 Å². The Morgan fingerprint density at radius 2 is 1.78 bits per heavy atom. The molecule has 130 valence electrons. The number of hydrogen-bond acceptors (Lipinski definition) is 3. The number of aryl methyl sites for hydroxylation is 1. The standard InChI is InChI=1S/C11H16O.C8H15NO2/c1-8-6-5-7-9(10(8)12)11(2,3)4;9-5-6-1-3-7(4-2-6)8(10)11/h5-7,12H,1-4H3;6-7H,1-5,9H2,(H,10,11)/t;6-,7-. The molecule has 1 aliphatic rings. The Kier molecular flexibility index (Phi) is 7.07. The molecule has 1 saturated carbocycles. The van der Waals surface area contributed by atoms with Gasteiger partial charge in [-0.1, -0.05) is 39.0 Å². The highest BCUT2D eigenvalue weighted by atomic mass is 16.4. The van der Waals surface area contributed by atoms with Crippen LogP contribution in [-0.2, 0) is 10.2 Å². The monoisotopic (exact) mass is 321 g/mol. The first-order valence-electron chi connectivity index (χ1n) is 8.38. The summed E-state index contributed by atoms with van der Waals surface area (Å²) in [5.41, 5.74) is 7.46. The lowest BCUT2D eigenvalue weighted by molar-refractivity contribution is -0.143. The number of carboxylic acids is 1. The van der Waals surface area contributed by atoms with Gasteiger partial charge in [-0.05, 0) is 61.6 Å². The molecule has 0 aliphatic heterocycles.